The van der Waals surface area contributed by atoms with E-state index in [0.717, 1.165) is 16.8 Å². The maximum absolute atomic E-state index is 12.3. The van der Waals surface area contributed by atoms with E-state index < -0.39 is 0 Å². The van der Waals surface area contributed by atoms with E-state index in [1.807, 2.05) is 31.2 Å². The maximum Gasteiger partial charge on any atom is 0.246 e. The van der Waals surface area contributed by atoms with Gasteiger partial charge in [0.05, 0.1) is 18.3 Å². The van der Waals surface area contributed by atoms with Gasteiger partial charge in [0.15, 0.2) is 0 Å². The number of aromatic nitrogens is 2. The molecule has 0 saturated carbocycles. The zero-order chi connectivity index (χ0) is 18.7. The Morgan fingerprint density at radius 1 is 1.27 bits per heavy atom. The molecule has 2 heterocycles. The molecule has 3 rings (SSSR count). The molecule has 1 amide bonds. The standard InChI is InChI=1S/C19H21Cl2N3O2/c1-13-17(6-7-18(26)23-10-8-16(25)9-11-23)19(21)24(22-13)12-14-2-4-15(20)5-3-14/h2-7,16,25H,8-12H2,1H3/b7-6+. The fraction of sp³-hybridized carbons (Fsp3) is 0.368. The number of nitrogens with zero attached hydrogens (tertiary/aromatic N) is 3. The Labute approximate surface area is 162 Å². The Bertz CT molecular complexity index is 807. The SMILES string of the molecule is Cc1nn(Cc2ccc(Cl)cc2)c(Cl)c1/C=C/C(=O)N1CCC(O)CC1. The number of halogens is 2. The van der Waals surface area contributed by atoms with Crippen molar-refractivity contribution >= 4 is 35.2 Å². The van der Waals surface area contributed by atoms with Crippen molar-refractivity contribution < 1.29 is 9.90 Å². The minimum atomic E-state index is -0.300. The first-order valence-corrected chi connectivity index (χ1v) is 9.32. The first-order chi connectivity index (χ1) is 12.4. The van der Waals surface area contributed by atoms with Crippen LogP contribution in [0.3, 0.4) is 0 Å². The van der Waals surface area contributed by atoms with E-state index in [2.05, 4.69) is 5.10 Å². The highest BCUT2D eigenvalue weighted by Gasteiger charge is 2.20. The first-order valence-electron chi connectivity index (χ1n) is 8.56. The maximum atomic E-state index is 12.3. The van der Waals surface area contributed by atoms with Gasteiger partial charge in [-0.05, 0) is 43.5 Å². The monoisotopic (exact) mass is 393 g/mol. The highest BCUT2D eigenvalue weighted by atomic mass is 35.5. The van der Waals surface area contributed by atoms with Gasteiger partial charge in [0, 0.05) is 29.8 Å². The van der Waals surface area contributed by atoms with Crippen LogP contribution in [-0.2, 0) is 11.3 Å². The minimum Gasteiger partial charge on any atom is -0.393 e. The van der Waals surface area contributed by atoms with Gasteiger partial charge >= 0.3 is 0 Å². The van der Waals surface area contributed by atoms with E-state index in [9.17, 15) is 9.90 Å². The first kappa shape index (κ1) is 19.0. The molecular weight excluding hydrogens is 373 g/mol. The van der Waals surface area contributed by atoms with Crippen LogP contribution in [0.15, 0.2) is 30.3 Å². The molecule has 1 saturated heterocycles. The van der Waals surface area contributed by atoms with Crippen molar-refractivity contribution in [3.05, 3.63) is 57.3 Å². The van der Waals surface area contributed by atoms with Crippen LogP contribution in [0.2, 0.25) is 10.2 Å². The normalized spacial score (nSPS) is 15.8. The van der Waals surface area contributed by atoms with Crippen molar-refractivity contribution in [1.29, 1.82) is 0 Å². The second kappa shape index (κ2) is 8.25. The zero-order valence-corrected chi connectivity index (χ0v) is 16.0. The Kier molecular flexibility index (Phi) is 6.01. The van der Waals surface area contributed by atoms with Crippen LogP contribution in [0.5, 0.6) is 0 Å². The number of carbonyl (C=O) groups is 1. The molecule has 7 heteroatoms. The Balaban J connectivity index is 1.71. The molecular formula is C19H21Cl2N3O2. The summed E-state index contributed by atoms with van der Waals surface area (Å²) in [5.41, 5.74) is 2.55. The number of aliphatic hydroxyl groups is 1. The molecule has 1 N–H and O–H groups in total. The largest absolute Gasteiger partial charge is 0.393 e. The molecule has 0 unspecified atom stereocenters. The number of amides is 1. The molecule has 1 aromatic heterocycles. The lowest BCUT2D eigenvalue weighted by atomic mass is 10.1. The van der Waals surface area contributed by atoms with Gasteiger partial charge in [0.2, 0.25) is 5.91 Å². The van der Waals surface area contributed by atoms with Crippen molar-refractivity contribution in [2.24, 2.45) is 0 Å². The third-order valence-corrected chi connectivity index (χ3v) is 5.17. The molecule has 1 aromatic carbocycles. The molecule has 138 valence electrons. The van der Waals surface area contributed by atoms with Gasteiger partial charge in [0.1, 0.15) is 5.15 Å². The fourth-order valence-corrected chi connectivity index (χ4v) is 3.39. The predicted octanol–water partition coefficient (Wildman–Crippen LogP) is 3.54. The molecule has 0 radical (unpaired) electrons. The van der Waals surface area contributed by atoms with E-state index >= 15 is 0 Å². The summed E-state index contributed by atoms with van der Waals surface area (Å²) in [6.45, 7) is 3.55. The van der Waals surface area contributed by atoms with Gasteiger partial charge < -0.3 is 10.0 Å². The van der Waals surface area contributed by atoms with Gasteiger partial charge in [-0.2, -0.15) is 5.10 Å². The topological polar surface area (TPSA) is 58.4 Å². The summed E-state index contributed by atoms with van der Waals surface area (Å²) >= 11 is 12.4. The molecule has 1 aliphatic heterocycles. The quantitative estimate of drug-likeness (QED) is 0.807. The summed E-state index contributed by atoms with van der Waals surface area (Å²) in [5.74, 6) is -0.0715. The van der Waals surface area contributed by atoms with E-state index in [4.69, 9.17) is 23.2 Å². The van der Waals surface area contributed by atoms with Crippen molar-refractivity contribution in [2.45, 2.75) is 32.4 Å². The molecule has 0 atom stereocenters. The smallest absolute Gasteiger partial charge is 0.246 e. The zero-order valence-electron chi connectivity index (χ0n) is 14.5. The van der Waals surface area contributed by atoms with Crippen LogP contribution in [0.4, 0.5) is 0 Å². The van der Waals surface area contributed by atoms with Crippen molar-refractivity contribution in [3.8, 4) is 0 Å². The van der Waals surface area contributed by atoms with Gasteiger partial charge in [-0.15, -0.1) is 0 Å². The lowest BCUT2D eigenvalue weighted by Gasteiger charge is -2.28. The summed E-state index contributed by atoms with van der Waals surface area (Å²) in [7, 11) is 0. The summed E-state index contributed by atoms with van der Waals surface area (Å²) < 4.78 is 1.71. The van der Waals surface area contributed by atoms with E-state index in [1.165, 1.54) is 6.08 Å². The number of hydrogen-bond acceptors (Lipinski definition) is 3. The van der Waals surface area contributed by atoms with Crippen LogP contribution in [0, 0.1) is 6.92 Å². The van der Waals surface area contributed by atoms with Crippen molar-refractivity contribution in [1.82, 2.24) is 14.7 Å². The number of hydrogen-bond donors (Lipinski definition) is 1. The molecule has 1 fully saturated rings. The Morgan fingerprint density at radius 3 is 2.58 bits per heavy atom. The summed E-state index contributed by atoms with van der Waals surface area (Å²) in [6.07, 6.45) is 4.19. The summed E-state index contributed by atoms with van der Waals surface area (Å²) in [6, 6.07) is 7.52. The van der Waals surface area contributed by atoms with Crippen LogP contribution >= 0.6 is 23.2 Å². The van der Waals surface area contributed by atoms with Crippen molar-refractivity contribution in [2.75, 3.05) is 13.1 Å². The fourth-order valence-electron chi connectivity index (χ4n) is 2.97. The van der Waals surface area contributed by atoms with Crippen LogP contribution in [-0.4, -0.2) is 44.9 Å². The molecule has 2 aromatic rings. The number of aryl methyl sites for hydroxylation is 1. The Morgan fingerprint density at radius 2 is 1.92 bits per heavy atom. The van der Waals surface area contributed by atoms with E-state index in [1.54, 1.807) is 15.7 Å². The second-order valence-corrected chi connectivity index (χ2v) is 7.26. The van der Waals surface area contributed by atoms with Crippen LogP contribution in [0.25, 0.3) is 6.08 Å². The lowest BCUT2D eigenvalue weighted by molar-refractivity contribution is -0.127. The lowest BCUT2D eigenvalue weighted by Crippen LogP contribution is -2.39. The number of carbonyl (C=O) groups excluding carboxylic acids is 1. The number of rotatable bonds is 4. The molecule has 5 nitrogen and oxygen atoms in total. The molecule has 0 spiro atoms. The molecule has 0 bridgehead atoms. The number of benzene rings is 1. The second-order valence-electron chi connectivity index (χ2n) is 6.46. The van der Waals surface area contributed by atoms with Gasteiger partial charge in [0.25, 0.3) is 0 Å². The van der Waals surface area contributed by atoms with Gasteiger partial charge in [-0.3, -0.25) is 4.79 Å². The highest BCUT2D eigenvalue weighted by molar-refractivity contribution is 6.31. The average molecular weight is 394 g/mol. The van der Waals surface area contributed by atoms with Crippen molar-refractivity contribution in [3.63, 3.8) is 0 Å². The third kappa shape index (κ3) is 4.47. The van der Waals surface area contributed by atoms with Gasteiger partial charge in [-0.25, -0.2) is 4.68 Å². The minimum absolute atomic E-state index is 0.0715. The molecule has 1 aliphatic rings. The number of likely N-dealkylation sites (tertiary alicyclic amines) is 1. The highest BCUT2D eigenvalue weighted by Crippen LogP contribution is 2.23. The summed E-state index contributed by atoms with van der Waals surface area (Å²) in [4.78, 5) is 14.0. The number of piperidine rings is 1. The van der Waals surface area contributed by atoms with E-state index in [0.29, 0.717) is 42.7 Å². The van der Waals surface area contributed by atoms with Gasteiger partial charge in [-0.1, -0.05) is 35.3 Å². The van der Waals surface area contributed by atoms with Crippen LogP contribution < -0.4 is 0 Å². The molecule has 26 heavy (non-hydrogen) atoms. The number of aliphatic hydroxyl groups excluding tert-OH is 1. The summed E-state index contributed by atoms with van der Waals surface area (Å²) in [5, 5.41) is 15.2. The van der Waals surface area contributed by atoms with E-state index in [-0.39, 0.29) is 12.0 Å². The predicted molar refractivity (Wildman–Crippen MR) is 103 cm³/mol. The average Bonchev–Trinajstić information content (AvgIpc) is 2.89. The Hall–Kier alpha value is -1.82. The van der Waals surface area contributed by atoms with Crippen LogP contribution in [0.1, 0.15) is 29.7 Å². The third-order valence-electron chi connectivity index (χ3n) is 4.52. The molecule has 0 aliphatic carbocycles.